The normalized spacial score (nSPS) is 13.3. The number of benzene rings is 2. The van der Waals surface area contributed by atoms with Gasteiger partial charge in [0.25, 0.3) is 0 Å². The van der Waals surface area contributed by atoms with E-state index in [-0.39, 0.29) is 27.7 Å². The number of fused-ring (bicyclic) bond motifs is 1. The third-order valence-corrected chi connectivity index (χ3v) is 6.51. The van der Waals surface area contributed by atoms with E-state index in [2.05, 4.69) is 115 Å². The first-order valence-electron chi connectivity index (χ1n) is 12.1. The van der Waals surface area contributed by atoms with Crippen molar-refractivity contribution < 1.29 is 0 Å². The third kappa shape index (κ3) is 10.5. The van der Waals surface area contributed by atoms with E-state index < -0.39 is 0 Å². The Labute approximate surface area is 213 Å². The quantitative estimate of drug-likeness (QED) is 0.366. The minimum absolute atomic E-state index is 0. The molecule has 3 aromatic rings. The summed E-state index contributed by atoms with van der Waals surface area (Å²) in [4.78, 5) is 3.29. The number of aryl methyl sites for hydroxylation is 2. The van der Waals surface area contributed by atoms with Crippen molar-refractivity contribution in [2.24, 2.45) is 11.3 Å². The van der Waals surface area contributed by atoms with Gasteiger partial charge < -0.3 is 4.98 Å². The summed E-state index contributed by atoms with van der Waals surface area (Å²) >= 11 is 0. The third-order valence-electron chi connectivity index (χ3n) is 6.51. The van der Waals surface area contributed by atoms with Gasteiger partial charge in [0.05, 0.1) is 0 Å². The zero-order chi connectivity index (χ0) is 23.1. The van der Waals surface area contributed by atoms with Crippen LogP contribution in [-0.2, 0) is 11.8 Å². The minimum atomic E-state index is 0. The summed E-state index contributed by atoms with van der Waals surface area (Å²) in [5, 5.41) is 1.34. The van der Waals surface area contributed by atoms with E-state index in [0.717, 1.165) is 12.3 Å². The molecule has 0 spiro atoms. The molecule has 1 aromatic heterocycles. The highest BCUT2D eigenvalue weighted by atomic mass is 14.7. The Hall–Kier alpha value is -2.02. The van der Waals surface area contributed by atoms with E-state index in [1.54, 1.807) is 0 Å². The number of hydrogen-bond acceptors (Lipinski definition) is 0. The summed E-state index contributed by atoms with van der Waals surface area (Å²) in [5.41, 5.74) is 6.18. The summed E-state index contributed by atoms with van der Waals surface area (Å²) in [7, 11) is 0. The van der Waals surface area contributed by atoms with Gasteiger partial charge in [0.2, 0.25) is 0 Å². The van der Waals surface area contributed by atoms with Crippen molar-refractivity contribution in [2.75, 3.05) is 0 Å². The van der Waals surface area contributed by atoms with E-state index in [4.69, 9.17) is 0 Å². The van der Waals surface area contributed by atoms with E-state index in [1.807, 2.05) is 0 Å². The molecule has 0 amide bonds. The van der Waals surface area contributed by atoms with Crippen molar-refractivity contribution in [2.45, 2.75) is 115 Å². The second-order valence-corrected chi connectivity index (χ2v) is 11.2. The number of aromatic amines is 1. The monoisotopic (exact) mass is 467 g/mol. The van der Waals surface area contributed by atoms with Gasteiger partial charge in [-0.2, -0.15) is 0 Å². The van der Waals surface area contributed by atoms with Crippen LogP contribution in [0.4, 0.5) is 0 Å². The summed E-state index contributed by atoms with van der Waals surface area (Å²) < 4.78 is 0. The van der Waals surface area contributed by atoms with Crippen LogP contribution in [-0.4, -0.2) is 4.98 Å². The van der Waals surface area contributed by atoms with E-state index >= 15 is 0 Å². The van der Waals surface area contributed by atoms with Gasteiger partial charge in [-0.1, -0.05) is 132 Å². The maximum atomic E-state index is 3.29. The predicted molar refractivity (Wildman–Crippen MR) is 159 cm³/mol. The van der Waals surface area contributed by atoms with Crippen LogP contribution in [0.3, 0.4) is 0 Å². The first kappa shape index (κ1) is 34.1. The Bertz CT molecular complexity index is 894. The molecule has 1 heteroatoms. The van der Waals surface area contributed by atoms with E-state index in [9.17, 15) is 0 Å². The average molecular weight is 468 g/mol. The van der Waals surface area contributed by atoms with Gasteiger partial charge in [0.1, 0.15) is 0 Å². The molecule has 1 aliphatic carbocycles. The fraction of sp³-hybridized carbons (Fsp3) is 0.576. The maximum absolute atomic E-state index is 3.29. The molecule has 1 aliphatic rings. The number of para-hydroxylation sites is 1. The van der Waals surface area contributed by atoms with Crippen LogP contribution in [0.5, 0.6) is 0 Å². The lowest BCUT2D eigenvalue weighted by Crippen LogP contribution is -2.16. The number of H-pyrrole nitrogens is 1. The van der Waals surface area contributed by atoms with E-state index in [1.165, 1.54) is 53.3 Å². The van der Waals surface area contributed by atoms with Crippen LogP contribution in [0.15, 0.2) is 54.7 Å². The summed E-state index contributed by atoms with van der Waals surface area (Å²) in [6, 6.07) is 17.1. The van der Waals surface area contributed by atoms with Gasteiger partial charge in [-0.05, 0) is 60.1 Å². The van der Waals surface area contributed by atoms with Crippen molar-refractivity contribution in [1.82, 2.24) is 4.98 Å². The van der Waals surface area contributed by atoms with E-state index in [0.29, 0.717) is 5.41 Å². The number of rotatable bonds is 1. The molecular weight excluding hydrogens is 410 g/mol. The lowest BCUT2D eigenvalue weighted by molar-refractivity contribution is 0.246. The van der Waals surface area contributed by atoms with Crippen molar-refractivity contribution in [3.8, 4) is 0 Å². The second-order valence-electron chi connectivity index (χ2n) is 11.2. The molecule has 1 nitrogen and oxygen atoms in total. The molecule has 1 fully saturated rings. The molecule has 34 heavy (non-hydrogen) atoms. The number of nitrogens with one attached hydrogen (secondary N) is 1. The van der Waals surface area contributed by atoms with Crippen LogP contribution in [0.25, 0.3) is 10.9 Å². The van der Waals surface area contributed by atoms with Gasteiger partial charge in [0.15, 0.2) is 0 Å². The number of aromatic nitrogens is 1. The zero-order valence-corrected chi connectivity index (χ0v) is 21.3. The molecule has 4 rings (SSSR count). The Balaban J connectivity index is 0. The first-order valence-corrected chi connectivity index (χ1v) is 12.1. The number of hydrogen-bond donors (Lipinski definition) is 1. The predicted octanol–water partition coefficient (Wildman–Crippen LogP) is 11.2. The van der Waals surface area contributed by atoms with Crippen LogP contribution in [0.2, 0.25) is 0 Å². The van der Waals surface area contributed by atoms with Gasteiger partial charge in [-0.25, -0.2) is 0 Å². The Kier molecular flexibility index (Phi) is 15.1. The lowest BCUT2D eigenvalue weighted by Gasteiger charge is -2.26. The topological polar surface area (TPSA) is 15.8 Å². The molecule has 1 N–H and O–H groups in total. The zero-order valence-electron chi connectivity index (χ0n) is 21.3. The van der Waals surface area contributed by atoms with Crippen molar-refractivity contribution >= 4 is 10.9 Å². The Morgan fingerprint density at radius 2 is 1.32 bits per heavy atom. The maximum Gasteiger partial charge on any atom is 0.0456 e. The smallest absolute Gasteiger partial charge is 0.0456 e. The summed E-state index contributed by atoms with van der Waals surface area (Å²) in [6.45, 7) is 18.1. The van der Waals surface area contributed by atoms with Crippen molar-refractivity contribution in [3.05, 3.63) is 71.4 Å². The van der Waals surface area contributed by atoms with Gasteiger partial charge in [0, 0.05) is 17.1 Å². The van der Waals surface area contributed by atoms with Crippen molar-refractivity contribution in [3.63, 3.8) is 0 Å². The van der Waals surface area contributed by atoms with Crippen LogP contribution in [0, 0.1) is 18.3 Å². The van der Waals surface area contributed by atoms with Crippen LogP contribution < -0.4 is 0 Å². The highest BCUT2D eigenvalue weighted by Gasteiger charge is 2.26. The van der Waals surface area contributed by atoms with Gasteiger partial charge in [-0.3, -0.25) is 0 Å². The molecule has 2 aromatic carbocycles. The molecule has 0 unspecified atom stereocenters. The lowest BCUT2D eigenvalue weighted by atomic mass is 9.80. The molecule has 1 saturated carbocycles. The summed E-state index contributed by atoms with van der Waals surface area (Å²) in [6.07, 6.45) is 9.15. The van der Waals surface area contributed by atoms with Gasteiger partial charge in [-0.15, -0.1) is 0 Å². The van der Waals surface area contributed by atoms with Crippen molar-refractivity contribution in [1.29, 1.82) is 0 Å². The average Bonchev–Trinajstić information content (AvgIpc) is 3.39. The Morgan fingerprint density at radius 3 is 1.76 bits per heavy atom. The SMILES string of the molecule is C.C.C.CC(C)(C)C1CCCC1.CC(C)(C)c1c[nH]c2ccccc12.CCc1ccc(C)cc1. The first-order chi connectivity index (χ1) is 14.5. The molecule has 0 saturated heterocycles. The van der Waals surface area contributed by atoms with Gasteiger partial charge >= 0.3 is 0 Å². The fourth-order valence-corrected chi connectivity index (χ4v) is 4.31. The summed E-state index contributed by atoms with van der Waals surface area (Å²) in [5.74, 6) is 1.01. The minimum Gasteiger partial charge on any atom is -0.361 e. The molecule has 1 heterocycles. The standard InChI is InChI=1S/C12H15N.C9H18.C9H12.3CH4/c1-12(2,3)10-8-13-11-7-5-4-6-9(10)11;1-9(2,3)8-6-4-5-7-8;1-3-9-6-4-8(2)5-7-9;;;/h4-8,13H,1-3H3;8H,4-7H2,1-3H3;4-7H,3H2,1-2H3;3*1H4. The molecule has 0 atom stereocenters. The molecule has 194 valence electrons. The Morgan fingerprint density at radius 1 is 0.794 bits per heavy atom. The largest absolute Gasteiger partial charge is 0.361 e. The second kappa shape index (κ2) is 15.1. The van der Waals surface area contributed by atoms with Crippen LogP contribution in [0.1, 0.15) is 113 Å². The molecule has 0 bridgehead atoms. The highest BCUT2D eigenvalue weighted by Crippen LogP contribution is 2.38. The van der Waals surface area contributed by atoms with Crippen LogP contribution >= 0.6 is 0 Å². The fourth-order valence-electron chi connectivity index (χ4n) is 4.31. The molecule has 0 aliphatic heterocycles. The highest BCUT2D eigenvalue weighted by molar-refractivity contribution is 5.84. The molecule has 0 radical (unpaired) electrons. The molecular formula is C33H57N.